The van der Waals surface area contributed by atoms with Gasteiger partial charge < -0.3 is 10.2 Å². The van der Waals surface area contributed by atoms with Crippen molar-refractivity contribution in [3.63, 3.8) is 0 Å². The maximum absolute atomic E-state index is 10.3. The molecule has 1 aliphatic carbocycles. The lowest BCUT2D eigenvalue weighted by Crippen LogP contribution is -2.35. The molecule has 2 aromatic rings. The molecule has 0 saturated heterocycles. The lowest BCUT2D eigenvalue weighted by atomic mass is 9.77. The van der Waals surface area contributed by atoms with Crippen LogP contribution in [-0.4, -0.2) is 28.7 Å². The van der Waals surface area contributed by atoms with Crippen molar-refractivity contribution in [1.29, 1.82) is 0 Å². The third kappa shape index (κ3) is 2.16. The van der Waals surface area contributed by atoms with Crippen LogP contribution in [-0.2, 0) is 12.8 Å². The molecule has 0 aromatic heterocycles. The van der Waals surface area contributed by atoms with Crippen LogP contribution in [0.2, 0.25) is 0 Å². The summed E-state index contributed by atoms with van der Waals surface area (Å²) in [7, 11) is 2.16. The average molecular weight is 320 g/mol. The van der Waals surface area contributed by atoms with E-state index in [0.29, 0.717) is 6.04 Å². The van der Waals surface area contributed by atoms with Gasteiger partial charge in [-0.1, -0.05) is 31.7 Å². The fraction of sp³-hybridized carbons (Fsp3) is 0.333. The van der Waals surface area contributed by atoms with Crippen molar-refractivity contribution in [1.82, 2.24) is 4.90 Å². The molecular weight excluding hydrogens is 298 g/mol. The molecule has 1 aliphatic heterocycles. The molecule has 22 heavy (non-hydrogen) atoms. The van der Waals surface area contributed by atoms with Gasteiger partial charge in [0.15, 0.2) is 11.5 Å². The van der Waals surface area contributed by atoms with E-state index >= 15 is 0 Å². The summed E-state index contributed by atoms with van der Waals surface area (Å²) in [6.07, 6.45) is 1.94. The molecule has 0 spiro atoms. The highest BCUT2D eigenvalue weighted by Gasteiger charge is 2.33. The van der Waals surface area contributed by atoms with Crippen molar-refractivity contribution in [2.45, 2.75) is 26.3 Å². The Bertz CT molecular complexity index is 714. The number of phenols is 2. The molecule has 0 bridgehead atoms. The number of hydrogen-bond donors (Lipinski definition) is 2. The zero-order valence-electron chi connectivity index (χ0n) is 11.8. The van der Waals surface area contributed by atoms with Crippen molar-refractivity contribution in [3.8, 4) is 22.6 Å². The van der Waals surface area contributed by atoms with Crippen LogP contribution in [0, 0.1) is 0 Å². The van der Waals surface area contributed by atoms with Crippen LogP contribution in [0.1, 0.15) is 30.2 Å². The van der Waals surface area contributed by atoms with Gasteiger partial charge in [0.05, 0.1) is 0 Å². The fourth-order valence-corrected chi connectivity index (χ4v) is 3.67. The van der Waals surface area contributed by atoms with Crippen LogP contribution in [0.5, 0.6) is 11.5 Å². The summed E-state index contributed by atoms with van der Waals surface area (Å²) in [6, 6.07) is 10.2. The highest BCUT2D eigenvalue weighted by molar-refractivity contribution is 5.85. The second kappa shape index (κ2) is 5.82. The lowest BCUT2D eigenvalue weighted by molar-refractivity contribution is 0.228. The Balaban J connectivity index is 0.000000882. The van der Waals surface area contributed by atoms with Crippen LogP contribution in [0.3, 0.4) is 0 Å². The average Bonchev–Trinajstić information content (AvgIpc) is 2.46. The third-order valence-electron chi connectivity index (χ3n) is 4.72. The molecule has 1 atom stereocenters. The number of likely N-dealkylation sites (N-methyl/N-ethyl adjacent to an activating group) is 1. The normalized spacial score (nSPS) is 18.5. The summed E-state index contributed by atoms with van der Waals surface area (Å²) >= 11 is 0. The number of nitrogens with zero attached hydrogens (tertiary/aromatic N) is 1. The molecule has 118 valence electrons. The molecule has 2 aliphatic rings. The quantitative estimate of drug-likeness (QED) is 0.724. The maximum Gasteiger partial charge on any atom is 0.165 e. The molecule has 4 rings (SSSR count). The molecular formula is C18H22ClNO2. The molecule has 0 amide bonds. The van der Waals surface area contributed by atoms with E-state index in [1.165, 1.54) is 11.1 Å². The molecule has 3 nitrogen and oxygen atoms in total. The largest absolute Gasteiger partial charge is 0.504 e. The molecule has 4 heteroatoms. The Hall–Kier alpha value is -1.71. The van der Waals surface area contributed by atoms with E-state index in [1.807, 2.05) is 6.07 Å². The van der Waals surface area contributed by atoms with Gasteiger partial charge in [-0.25, -0.2) is 0 Å². The zero-order chi connectivity index (χ0) is 13.9. The standard InChI is InChI=1S/C17H17NO2.CH4.ClH/c1-18-8-7-10-3-2-4-12-15(10)13(18)9-11-5-6-14(19)17(20)16(11)12;;/h2-6,13,19-20H,7-9H2,1H3;1H4;1H/t13-;;/m1../s1. The van der Waals surface area contributed by atoms with Crippen molar-refractivity contribution >= 4 is 12.4 Å². The number of halogens is 1. The minimum Gasteiger partial charge on any atom is -0.504 e. The first-order valence-electron chi connectivity index (χ1n) is 7.03. The highest BCUT2D eigenvalue weighted by Crippen LogP contribution is 2.49. The number of rotatable bonds is 0. The van der Waals surface area contributed by atoms with Gasteiger partial charge in [0.25, 0.3) is 0 Å². The van der Waals surface area contributed by atoms with E-state index in [1.54, 1.807) is 6.07 Å². The monoisotopic (exact) mass is 319 g/mol. The summed E-state index contributed by atoms with van der Waals surface area (Å²) in [5.41, 5.74) is 5.71. The van der Waals surface area contributed by atoms with Crippen LogP contribution in [0.4, 0.5) is 0 Å². The smallest absolute Gasteiger partial charge is 0.165 e. The van der Waals surface area contributed by atoms with E-state index in [4.69, 9.17) is 0 Å². The van der Waals surface area contributed by atoms with Gasteiger partial charge in [-0.05, 0) is 48.2 Å². The second-order valence-corrected chi connectivity index (χ2v) is 5.80. The molecule has 0 fully saturated rings. The summed E-state index contributed by atoms with van der Waals surface area (Å²) in [4.78, 5) is 2.39. The van der Waals surface area contributed by atoms with Crippen molar-refractivity contribution in [2.24, 2.45) is 0 Å². The number of hydrogen-bond acceptors (Lipinski definition) is 3. The van der Waals surface area contributed by atoms with Crippen LogP contribution in [0.25, 0.3) is 11.1 Å². The first-order chi connectivity index (χ1) is 9.66. The first-order valence-corrected chi connectivity index (χ1v) is 7.03. The minimum absolute atomic E-state index is 0. The Labute approximate surface area is 137 Å². The van der Waals surface area contributed by atoms with Gasteiger partial charge in [0, 0.05) is 18.2 Å². The van der Waals surface area contributed by atoms with E-state index < -0.39 is 0 Å². The highest BCUT2D eigenvalue weighted by atomic mass is 35.5. The molecule has 0 unspecified atom stereocenters. The zero-order valence-corrected chi connectivity index (χ0v) is 12.7. The SMILES string of the molecule is C.CN1CCc2cccc3c2[C@H]1Cc1ccc(O)c(O)c1-3.Cl. The van der Waals surface area contributed by atoms with Gasteiger partial charge in [0.2, 0.25) is 0 Å². The summed E-state index contributed by atoms with van der Waals surface area (Å²) in [5, 5.41) is 20.1. The fourth-order valence-electron chi connectivity index (χ4n) is 3.67. The van der Waals surface area contributed by atoms with Crippen molar-refractivity contribution in [2.75, 3.05) is 13.6 Å². The topological polar surface area (TPSA) is 43.7 Å². The van der Waals surface area contributed by atoms with Crippen molar-refractivity contribution in [3.05, 3.63) is 47.0 Å². The number of phenolic OH excluding ortho intramolecular Hbond substituents is 2. The van der Waals surface area contributed by atoms with Gasteiger partial charge in [-0.15, -0.1) is 12.4 Å². The van der Waals surface area contributed by atoms with Gasteiger partial charge in [-0.3, -0.25) is 4.90 Å². The third-order valence-corrected chi connectivity index (χ3v) is 4.72. The predicted octanol–water partition coefficient (Wildman–Crippen LogP) is 3.91. The Kier molecular flexibility index (Phi) is 4.41. The number of fused-ring (bicyclic) bond motifs is 2. The van der Waals surface area contributed by atoms with E-state index in [2.05, 4.69) is 30.1 Å². The van der Waals surface area contributed by atoms with Crippen LogP contribution < -0.4 is 0 Å². The molecule has 1 heterocycles. The maximum atomic E-state index is 10.3. The summed E-state index contributed by atoms with van der Waals surface area (Å²) in [6.45, 7) is 1.07. The second-order valence-electron chi connectivity index (χ2n) is 5.80. The minimum atomic E-state index is -0.0380. The molecule has 2 N–H and O–H groups in total. The van der Waals surface area contributed by atoms with Crippen LogP contribution >= 0.6 is 12.4 Å². The van der Waals surface area contributed by atoms with E-state index in [9.17, 15) is 10.2 Å². The lowest BCUT2D eigenvalue weighted by Gasteiger charge is -2.39. The first kappa shape index (κ1) is 16.7. The molecule has 0 saturated carbocycles. The van der Waals surface area contributed by atoms with Crippen molar-refractivity contribution < 1.29 is 10.2 Å². The molecule has 0 radical (unpaired) electrons. The van der Waals surface area contributed by atoms with E-state index in [-0.39, 0.29) is 31.3 Å². The Morgan fingerprint density at radius 2 is 1.86 bits per heavy atom. The number of benzene rings is 2. The van der Waals surface area contributed by atoms with Gasteiger partial charge in [-0.2, -0.15) is 0 Å². The Morgan fingerprint density at radius 1 is 1.09 bits per heavy atom. The van der Waals surface area contributed by atoms with Gasteiger partial charge >= 0.3 is 0 Å². The number of aromatic hydroxyl groups is 2. The van der Waals surface area contributed by atoms with Gasteiger partial charge in [0.1, 0.15) is 0 Å². The van der Waals surface area contributed by atoms with E-state index in [0.717, 1.165) is 36.1 Å². The summed E-state index contributed by atoms with van der Waals surface area (Å²) in [5.74, 6) is -0.0217. The van der Waals surface area contributed by atoms with Crippen LogP contribution in [0.15, 0.2) is 30.3 Å². The summed E-state index contributed by atoms with van der Waals surface area (Å²) < 4.78 is 0. The molecule has 2 aromatic carbocycles. The Morgan fingerprint density at radius 3 is 2.64 bits per heavy atom. The predicted molar refractivity (Wildman–Crippen MR) is 92.0 cm³/mol.